The molecule has 152 valence electrons. The summed E-state index contributed by atoms with van der Waals surface area (Å²) in [6.07, 6.45) is 6.09. The van der Waals surface area contributed by atoms with E-state index in [1.165, 1.54) is 5.56 Å². The van der Waals surface area contributed by atoms with Crippen LogP contribution in [0.25, 0.3) is 6.08 Å². The predicted molar refractivity (Wildman–Crippen MR) is 123 cm³/mol. The van der Waals surface area contributed by atoms with Gasteiger partial charge in [0.1, 0.15) is 11.4 Å². The van der Waals surface area contributed by atoms with Crippen LogP contribution in [0.1, 0.15) is 46.0 Å². The molecule has 3 aromatic carbocycles. The van der Waals surface area contributed by atoms with Gasteiger partial charge in [-0.2, -0.15) is 0 Å². The molecule has 1 amide bonds. The Kier molecular flexibility index (Phi) is 5.45. The van der Waals surface area contributed by atoms with Gasteiger partial charge in [0.05, 0.1) is 0 Å². The Bertz CT molecular complexity index is 1080. The average molecular weight is 398 g/mol. The molecule has 0 aromatic heterocycles. The molecule has 0 saturated heterocycles. The van der Waals surface area contributed by atoms with Crippen LogP contribution in [-0.2, 0) is 6.42 Å². The van der Waals surface area contributed by atoms with Gasteiger partial charge in [-0.25, -0.2) is 0 Å². The number of aryl methyl sites for hydroxylation is 3. The van der Waals surface area contributed by atoms with E-state index < -0.39 is 0 Å². The van der Waals surface area contributed by atoms with Gasteiger partial charge in [-0.05, 0) is 75.1 Å². The number of carbonyl (C=O) groups is 1. The Labute approximate surface area is 178 Å². The molecule has 3 nitrogen and oxygen atoms in total. The first-order valence-electron chi connectivity index (χ1n) is 10.4. The van der Waals surface area contributed by atoms with Gasteiger partial charge >= 0.3 is 0 Å². The number of hydrogen-bond acceptors (Lipinski definition) is 2. The topological polar surface area (TPSA) is 38.3 Å². The van der Waals surface area contributed by atoms with Gasteiger partial charge in [-0.15, -0.1) is 0 Å². The van der Waals surface area contributed by atoms with Gasteiger partial charge in [0.25, 0.3) is 5.91 Å². The maximum atomic E-state index is 12.6. The first kappa shape index (κ1) is 20.0. The molecule has 0 aliphatic carbocycles. The van der Waals surface area contributed by atoms with Crippen molar-refractivity contribution in [3.63, 3.8) is 0 Å². The Hall–Kier alpha value is -3.33. The van der Waals surface area contributed by atoms with Gasteiger partial charge in [-0.3, -0.25) is 4.79 Å². The first-order valence-corrected chi connectivity index (χ1v) is 10.4. The smallest absolute Gasteiger partial charge is 0.255 e. The largest absolute Gasteiger partial charge is 0.483 e. The highest BCUT2D eigenvalue weighted by Crippen LogP contribution is 2.36. The van der Waals surface area contributed by atoms with E-state index in [1.807, 2.05) is 56.3 Å². The van der Waals surface area contributed by atoms with Crippen LogP contribution in [0.2, 0.25) is 0 Å². The van der Waals surface area contributed by atoms with Crippen molar-refractivity contribution in [2.75, 3.05) is 5.32 Å². The van der Waals surface area contributed by atoms with Crippen LogP contribution in [0, 0.1) is 13.8 Å². The van der Waals surface area contributed by atoms with Crippen molar-refractivity contribution < 1.29 is 9.53 Å². The number of ether oxygens (including phenoxy) is 1. The molecule has 3 heteroatoms. The van der Waals surface area contributed by atoms with Gasteiger partial charge in [0.15, 0.2) is 0 Å². The lowest BCUT2D eigenvalue weighted by Gasteiger charge is -2.32. The quantitative estimate of drug-likeness (QED) is 0.544. The van der Waals surface area contributed by atoms with Crippen LogP contribution in [0.5, 0.6) is 5.75 Å². The van der Waals surface area contributed by atoms with E-state index in [2.05, 4.69) is 48.7 Å². The summed E-state index contributed by atoms with van der Waals surface area (Å²) in [4.78, 5) is 12.6. The zero-order valence-electron chi connectivity index (χ0n) is 17.7. The van der Waals surface area contributed by atoms with Crippen LogP contribution in [0.3, 0.4) is 0 Å². The molecule has 1 N–H and O–H groups in total. The summed E-state index contributed by atoms with van der Waals surface area (Å²) in [5.41, 5.74) is 5.52. The van der Waals surface area contributed by atoms with Crippen molar-refractivity contribution in [2.24, 2.45) is 0 Å². The van der Waals surface area contributed by atoms with E-state index in [4.69, 9.17) is 4.74 Å². The minimum atomic E-state index is -0.345. The maximum absolute atomic E-state index is 12.6. The lowest BCUT2D eigenvalue weighted by Crippen LogP contribution is -2.32. The highest BCUT2D eigenvalue weighted by atomic mass is 16.5. The molecule has 0 bridgehead atoms. The number of anilines is 1. The number of nitrogens with one attached hydrogen (secondary N) is 1. The van der Waals surface area contributed by atoms with Crippen LogP contribution in [0.15, 0.2) is 72.8 Å². The van der Waals surface area contributed by atoms with Crippen molar-refractivity contribution in [1.29, 1.82) is 0 Å². The molecule has 0 radical (unpaired) electrons. The third kappa shape index (κ3) is 4.46. The van der Waals surface area contributed by atoms with Crippen molar-refractivity contribution in [3.8, 4) is 5.75 Å². The lowest BCUT2D eigenvalue weighted by molar-refractivity contribution is 0.102. The van der Waals surface area contributed by atoms with Crippen LogP contribution in [-0.4, -0.2) is 11.5 Å². The van der Waals surface area contributed by atoms with Gasteiger partial charge < -0.3 is 10.1 Å². The number of fused-ring (bicyclic) bond motifs is 1. The van der Waals surface area contributed by atoms with Crippen LogP contribution in [0.4, 0.5) is 5.69 Å². The minimum absolute atomic E-state index is 0.105. The Morgan fingerprint density at radius 3 is 2.47 bits per heavy atom. The second kappa shape index (κ2) is 8.19. The second-order valence-corrected chi connectivity index (χ2v) is 8.26. The fraction of sp³-hybridized carbons (Fsp3) is 0.222. The van der Waals surface area contributed by atoms with E-state index in [1.54, 1.807) is 0 Å². The average Bonchev–Trinajstić information content (AvgIpc) is 2.74. The minimum Gasteiger partial charge on any atom is -0.483 e. The Morgan fingerprint density at radius 1 is 1.00 bits per heavy atom. The summed E-state index contributed by atoms with van der Waals surface area (Å²) in [6, 6.07) is 22.1. The fourth-order valence-electron chi connectivity index (χ4n) is 3.67. The van der Waals surface area contributed by atoms with Crippen LogP contribution >= 0.6 is 0 Å². The summed E-state index contributed by atoms with van der Waals surface area (Å²) in [5.74, 6) is 0.755. The molecule has 1 atom stereocenters. The molecule has 0 fully saturated rings. The molecular formula is C27H27NO2. The third-order valence-corrected chi connectivity index (χ3v) is 5.63. The molecule has 3 aromatic rings. The van der Waals surface area contributed by atoms with Gasteiger partial charge in [0, 0.05) is 16.8 Å². The van der Waals surface area contributed by atoms with E-state index in [0.29, 0.717) is 5.56 Å². The standard InChI is InChI=1S/C27H27NO2/c1-19-9-11-22(12-10-19)26(29)28-24-18-23-14-16-27(3,30-25(23)17-20(24)2)15-13-21-7-5-4-6-8-21/h4-12,14,16-18H,13,15H2,1-3H3,(H,28,29). The van der Waals surface area contributed by atoms with E-state index >= 15 is 0 Å². The molecule has 1 heterocycles. The second-order valence-electron chi connectivity index (χ2n) is 8.26. The summed E-state index contributed by atoms with van der Waals surface area (Å²) in [6.45, 7) is 6.13. The highest BCUT2D eigenvalue weighted by Gasteiger charge is 2.27. The SMILES string of the molecule is Cc1ccc(C(=O)Nc2cc3c(cc2C)OC(C)(CCc2ccccc2)C=C3)cc1. The van der Waals surface area contributed by atoms with Crippen molar-refractivity contribution in [3.05, 3.63) is 101 Å². The van der Waals surface area contributed by atoms with E-state index in [-0.39, 0.29) is 11.5 Å². The molecule has 1 unspecified atom stereocenters. The molecule has 1 aliphatic heterocycles. The summed E-state index contributed by atoms with van der Waals surface area (Å²) < 4.78 is 6.38. The predicted octanol–water partition coefficient (Wildman–Crippen LogP) is 6.35. The van der Waals surface area contributed by atoms with Crippen molar-refractivity contribution in [1.82, 2.24) is 0 Å². The van der Waals surface area contributed by atoms with Crippen LogP contribution < -0.4 is 10.1 Å². The normalized spacial score (nSPS) is 17.2. The summed E-state index contributed by atoms with van der Waals surface area (Å²) in [7, 11) is 0. The third-order valence-electron chi connectivity index (χ3n) is 5.63. The van der Waals surface area contributed by atoms with Crippen molar-refractivity contribution >= 4 is 17.7 Å². The molecule has 4 rings (SSSR count). The summed E-state index contributed by atoms with van der Waals surface area (Å²) >= 11 is 0. The zero-order chi connectivity index (χ0) is 21.1. The molecule has 1 aliphatic rings. The maximum Gasteiger partial charge on any atom is 0.255 e. The Morgan fingerprint density at radius 2 is 1.73 bits per heavy atom. The zero-order valence-corrected chi connectivity index (χ0v) is 17.7. The number of rotatable bonds is 5. The number of amides is 1. The van der Waals surface area contributed by atoms with Gasteiger partial charge in [-0.1, -0.05) is 54.1 Å². The number of hydrogen-bond donors (Lipinski definition) is 1. The molecule has 0 saturated carbocycles. The number of benzene rings is 3. The van der Waals surface area contributed by atoms with E-state index in [0.717, 1.165) is 41.0 Å². The first-order chi connectivity index (χ1) is 14.4. The fourth-order valence-corrected chi connectivity index (χ4v) is 3.67. The number of carbonyl (C=O) groups excluding carboxylic acids is 1. The molecular weight excluding hydrogens is 370 g/mol. The highest BCUT2D eigenvalue weighted by molar-refractivity contribution is 6.04. The lowest BCUT2D eigenvalue weighted by atomic mass is 9.92. The van der Waals surface area contributed by atoms with Gasteiger partial charge in [0.2, 0.25) is 0 Å². The van der Waals surface area contributed by atoms with E-state index in [9.17, 15) is 4.79 Å². The monoisotopic (exact) mass is 397 g/mol. The van der Waals surface area contributed by atoms with Crippen molar-refractivity contribution in [2.45, 2.75) is 39.2 Å². The summed E-state index contributed by atoms with van der Waals surface area (Å²) in [5, 5.41) is 3.04. The molecule has 30 heavy (non-hydrogen) atoms. The Balaban J connectivity index is 1.49. The molecule has 0 spiro atoms.